The van der Waals surface area contributed by atoms with E-state index in [1.54, 1.807) is 13.0 Å². The maximum atomic E-state index is 14.0. The van der Waals surface area contributed by atoms with Gasteiger partial charge in [-0.1, -0.05) is 0 Å². The molecule has 19 heavy (non-hydrogen) atoms. The second kappa shape index (κ2) is 5.01. The molecule has 2 N–H and O–H groups in total. The van der Waals surface area contributed by atoms with Crippen LogP contribution in [0.25, 0.3) is 10.9 Å². The summed E-state index contributed by atoms with van der Waals surface area (Å²) >= 11 is 0. The summed E-state index contributed by atoms with van der Waals surface area (Å²) < 4.78 is 18.7. The van der Waals surface area contributed by atoms with Gasteiger partial charge in [-0.2, -0.15) is 0 Å². The zero-order valence-electron chi connectivity index (χ0n) is 11.1. The summed E-state index contributed by atoms with van der Waals surface area (Å²) in [6.07, 6.45) is -1.46. The summed E-state index contributed by atoms with van der Waals surface area (Å²) in [5.74, 6) is -1.27. The van der Waals surface area contributed by atoms with Gasteiger partial charge < -0.3 is 14.8 Å². The van der Waals surface area contributed by atoms with Gasteiger partial charge in [0, 0.05) is 11.1 Å². The van der Waals surface area contributed by atoms with Gasteiger partial charge in [0.15, 0.2) is 6.10 Å². The quantitative estimate of drug-likeness (QED) is 0.838. The molecule has 0 fully saturated rings. The van der Waals surface area contributed by atoms with Crippen molar-refractivity contribution in [3.63, 3.8) is 0 Å². The van der Waals surface area contributed by atoms with Crippen LogP contribution in [-0.4, -0.2) is 22.7 Å². The number of aliphatic hydroxyl groups excluding tert-OH is 1. The first-order valence-corrected chi connectivity index (χ1v) is 6.08. The average molecular weight is 265 g/mol. The van der Waals surface area contributed by atoms with E-state index in [2.05, 4.69) is 4.98 Å². The molecule has 0 saturated heterocycles. The molecule has 0 saturated carbocycles. The van der Waals surface area contributed by atoms with Crippen LogP contribution in [0.15, 0.2) is 12.1 Å². The van der Waals surface area contributed by atoms with Crippen molar-refractivity contribution in [1.82, 2.24) is 4.98 Å². The van der Waals surface area contributed by atoms with E-state index in [0.717, 1.165) is 17.3 Å². The lowest BCUT2D eigenvalue weighted by Gasteiger charge is -2.10. The maximum absolute atomic E-state index is 14.0. The largest absolute Gasteiger partial charge is 0.464 e. The number of hydrogen-bond acceptors (Lipinski definition) is 3. The third-order valence-electron chi connectivity index (χ3n) is 3.22. The lowest BCUT2D eigenvalue weighted by atomic mass is 10.0. The SMILES string of the molecule is CCOC(=O)C(O)c1cc(F)c2[nH]c(C)c(C)c2c1. The Labute approximate surface area is 110 Å². The fourth-order valence-electron chi connectivity index (χ4n) is 2.05. The highest BCUT2D eigenvalue weighted by Gasteiger charge is 2.21. The molecule has 0 amide bonds. The van der Waals surface area contributed by atoms with Crippen LogP contribution in [0.2, 0.25) is 0 Å². The first-order chi connectivity index (χ1) is 8.95. The molecule has 1 aromatic heterocycles. The van der Waals surface area contributed by atoms with Crippen molar-refractivity contribution in [3.05, 3.63) is 34.8 Å². The summed E-state index contributed by atoms with van der Waals surface area (Å²) in [6.45, 7) is 5.52. The first-order valence-electron chi connectivity index (χ1n) is 6.08. The minimum atomic E-state index is -1.46. The Morgan fingerprint density at radius 1 is 1.47 bits per heavy atom. The topological polar surface area (TPSA) is 62.3 Å². The highest BCUT2D eigenvalue weighted by atomic mass is 19.1. The van der Waals surface area contributed by atoms with Gasteiger partial charge in [0.1, 0.15) is 5.82 Å². The molecule has 1 aromatic carbocycles. The van der Waals surface area contributed by atoms with Gasteiger partial charge >= 0.3 is 5.97 Å². The second-order valence-corrected chi connectivity index (χ2v) is 4.45. The zero-order chi connectivity index (χ0) is 14.2. The molecule has 1 atom stereocenters. The molecule has 0 bridgehead atoms. The van der Waals surface area contributed by atoms with E-state index < -0.39 is 17.9 Å². The Morgan fingerprint density at radius 2 is 2.16 bits per heavy atom. The normalized spacial score (nSPS) is 12.7. The molecule has 1 heterocycles. The fourth-order valence-corrected chi connectivity index (χ4v) is 2.05. The monoisotopic (exact) mass is 265 g/mol. The number of aromatic nitrogens is 1. The van der Waals surface area contributed by atoms with Crippen molar-refractivity contribution < 1.29 is 19.0 Å². The summed E-state index contributed by atoms with van der Waals surface area (Å²) in [5, 5.41) is 10.5. The number of nitrogens with one attached hydrogen (secondary N) is 1. The number of carbonyl (C=O) groups is 1. The van der Waals surface area contributed by atoms with E-state index in [4.69, 9.17) is 4.74 Å². The molecule has 0 radical (unpaired) electrons. The Bertz CT molecular complexity index is 633. The summed E-state index contributed by atoms with van der Waals surface area (Å²) in [4.78, 5) is 14.4. The van der Waals surface area contributed by atoms with E-state index >= 15 is 0 Å². The number of ether oxygens (including phenoxy) is 1. The fraction of sp³-hybridized carbons (Fsp3) is 0.357. The van der Waals surface area contributed by atoms with Crippen LogP contribution in [0, 0.1) is 19.7 Å². The number of fused-ring (bicyclic) bond motifs is 1. The molecule has 2 rings (SSSR count). The Hall–Kier alpha value is -1.88. The number of rotatable bonds is 3. The average Bonchev–Trinajstić information content (AvgIpc) is 2.66. The molecule has 1 unspecified atom stereocenters. The van der Waals surface area contributed by atoms with E-state index in [1.807, 2.05) is 13.8 Å². The molecular weight excluding hydrogens is 249 g/mol. The number of aryl methyl sites for hydroxylation is 2. The number of aromatic amines is 1. The Kier molecular flexibility index (Phi) is 3.57. The molecule has 0 aliphatic heterocycles. The van der Waals surface area contributed by atoms with Gasteiger partial charge in [0.25, 0.3) is 0 Å². The number of esters is 1. The highest BCUT2D eigenvalue weighted by molar-refractivity contribution is 5.87. The number of aliphatic hydroxyl groups is 1. The maximum Gasteiger partial charge on any atom is 0.339 e. The highest BCUT2D eigenvalue weighted by Crippen LogP contribution is 2.28. The summed E-state index contributed by atoms with van der Waals surface area (Å²) in [6, 6.07) is 2.76. The molecule has 102 valence electrons. The zero-order valence-corrected chi connectivity index (χ0v) is 11.1. The molecule has 2 aromatic rings. The van der Waals surface area contributed by atoms with Crippen molar-refractivity contribution in [3.8, 4) is 0 Å². The number of H-pyrrole nitrogens is 1. The van der Waals surface area contributed by atoms with E-state index in [1.165, 1.54) is 0 Å². The van der Waals surface area contributed by atoms with Gasteiger partial charge in [0.2, 0.25) is 0 Å². The van der Waals surface area contributed by atoms with Crippen molar-refractivity contribution >= 4 is 16.9 Å². The molecule has 5 heteroatoms. The lowest BCUT2D eigenvalue weighted by Crippen LogP contribution is -2.15. The number of carbonyl (C=O) groups excluding carboxylic acids is 1. The standard InChI is InChI=1S/C14H16FNO3/c1-4-19-14(18)13(17)9-5-10-7(2)8(3)16-12(10)11(15)6-9/h5-6,13,16-17H,4H2,1-3H3. The molecule has 4 nitrogen and oxygen atoms in total. The van der Waals surface area contributed by atoms with Gasteiger partial charge in [-0.3, -0.25) is 0 Å². The van der Waals surface area contributed by atoms with Crippen LogP contribution in [0.5, 0.6) is 0 Å². The van der Waals surface area contributed by atoms with E-state index in [-0.39, 0.29) is 12.2 Å². The lowest BCUT2D eigenvalue weighted by molar-refractivity contribution is -0.153. The second-order valence-electron chi connectivity index (χ2n) is 4.45. The van der Waals surface area contributed by atoms with Crippen molar-refractivity contribution in [2.45, 2.75) is 26.9 Å². The Morgan fingerprint density at radius 3 is 2.79 bits per heavy atom. The van der Waals surface area contributed by atoms with Gasteiger partial charge in [-0.15, -0.1) is 0 Å². The van der Waals surface area contributed by atoms with Crippen molar-refractivity contribution in [2.75, 3.05) is 6.61 Å². The van der Waals surface area contributed by atoms with Gasteiger partial charge in [-0.05, 0) is 44.0 Å². The molecule has 0 spiro atoms. The molecular formula is C14H16FNO3. The molecule has 0 aliphatic rings. The van der Waals surface area contributed by atoms with Crippen LogP contribution >= 0.6 is 0 Å². The predicted molar refractivity (Wildman–Crippen MR) is 69.3 cm³/mol. The summed E-state index contributed by atoms with van der Waals surface area (Å²) in [5.41, 5.74) is 2.34. The van der Waals surface area contributed by atoms with Crippen LogP contribution in [0.4, 0.5) is 4.39 Å². The predicted octanol–water partition coefficient (Wildman–Crippen LogP) is 2.52. The van der Waals surface area contributed by atoms with Crippen LogP contribution in [-0.2, 0) is 9.53 Å². The minimum Gasteiger partial charge on any atom is -0.464 e. The van der Waals surface area contributed by atoms with Crippen LogP contribution < -0.4 is 0 Å². The van der Waals surface area contributed by atoms with E-state index in [0.29, 0.717) is 10.9 Å². The van der Waals surface area contributed by atoms with E-state index in [9.17, 15) is 14.3 Å². The van der Waals surface area contributed by atoms with Crippen molar-refractivity contribution in [2.24, 2.45) is 0 Å². The first kappa shape index (κ1) is 13.5. The van der Waals surface area contributed by atoms with Crippen molar-refractivity contribution in [1.29, 1.82) is 0 Å². The number of halogens is 1. The summed E-state index contributed by atoms with van der Waals surface area (Å²) in [7, 11) is 0. The third kappa shape index (κ3) is 2.33. The smallest absolute Gasteiger partial charge is 0.339 e. The van der Waals surface area contributed by atoms with Crippen LogP contribution in [0.1, 0.15) is 29.8 Å². The van der Waals surface area contributed by atoms with Crippen LogP contribution in [0.3, 0.4) is 0 Å². The Balaban J connectivity index is 2.51. The van der Waals surface area contributed by atoms with Gasteiger partial charge in [-0.25, -0.2) is 9.18 Å². The van der Waals surface area contributed by atoms with Gasteiger partial charge in [0.05, 0.1) is 12.1 Å². The number of benzene rings is 1. The number of hydrogen-bond donors (Lipinski definition) is 2. The molecule has 0 aliphatic carbocycles. The minimum absolute atomic E-state index is 0.170. The third-order valence-corrected chi connectivity index (χ3v) is 3.22.